The Morgan fingerprint density at radius 1 is 1.19 bits per heavy atom. The number of nitrogens with one attached hydrogen (secondary N) is 1. The molecule has 1 atom stereocenters. The number of hydrogen-bond donors (Lipinski definition) is 1. The number of fused-ring (bicyclic) bond motifs is 1. The summed E-state index contributed by atoms with van der Waals surface area (Å²) in [5.74, 6) is 0.874. The SMILES string of the molecule is COc1cc2c(cc1OC)CN(C(=O)C(C)NC(=O)c1ccoc1)CC2. The van der Waals surface area contributed by atoms with Crippen molar-refractivity contribution in [2.24, 2.45) is 0 Å². The summed E-state index contributed by atoms with van der Waals surface area (Å²) in [5, 5.41) is 2.71. The highest BCUT2D eigenvalue weighted by Crippen LogP contribution is 2.33. The molecule has 0 saturated carbocycles. The third-order valence-electron chi connectivity index (χ3n) is 4.53. The average Bonchev–Trinajstić information content (AvgIpc) is 3.20. The number of carbonyl (C=O) groups is 2. The number of methoxy groups -OCH3 is 2. The quantitative estimate of drug-likeness (QED) is 0.884. The fourth-order valence-corrected chi connectivity index (χ4v) is 3.08. The lowest BCUT2D eigenvalue weighted by Crippen LogP contribution is -2.48. The third-order valence-corrected chi connectivity index (χ3v) is 4.53. The van der Waals surface area contributed by atoms with E-state index in [2.05, 4.69) is 5.32 Å². The van der Waals surface area contributed by atoms with Crippen LogP contribution in [0.3, 0.4) is 0 Å². The lowest BCUT2D eigenvalue weighted by molar-refractivity contribution is -0.133. The number of amides is 2. The summed E-state index contributed by atoms with van der Waals surface area (Å²) < 4.78 is 15.6. The van der Waals surface area contributed by atoms with E-state index in [1.54, 1.807) is 32.1 Å². The van der Waals surface area contributed by atoms with Crippen molar-refractivity contribution >= 4 is 11.8 Å². The monoisotopic (exact) mass is 358 g/mol. The Kier molecular flexibility index (Phi) is 5.16. The zero-order valence-electron chi connectivity index (χ0n) is 15.1. The third kappa shape index (κ3) is 3.51. The predicted octanol–water partition coefficient (Wildman–Crippen LogP) is 2.00. The van der Waals surface area contributed by atoms with Crippen LogP contribution in [0.4, 0.5) is 0 Å². The number of ether oxygens (including phenoxy) is 2. The Morgan fingerprint density at radius 3 is 2.50 bits per heavy atom. The number of benzene rings is 1. The summed E-state index contributed by atoms with van der Waals surface area (Å²) >= 11 is 0. The Hall–Kier alpha value is -2.96. The summed E-state index contributed by atoms with van der Waals surface area (Å²) in [6.07, 6.45) is 3.50. The average molecular weight is 358 g/mol. The van der Waals surface area contributed by atoms with Gasteiger partial charge in [0.25, 0.3) is 5.91 Å². The van der Waals surface area contributed by atoms with Gasteiger partial charge in [0.05, 0.1) is 26.0 Å². The molecule has 0 fully saturated rings. The number of rotatable bonds is 5. The van der Waals surface area contributed by atoms with Gasteiger partial charge in [-0.05, 0) is 42.7 Å². The van der Waals surface area contributed by atoms with E-state index in [0.29, 0.717) is 30.2 Å². The van der Waals surface area contributed by atoms with Crippen LogP contribution in [-0.2, 0) is 17.8 Å². The molecular formula is C19H22N2O5. The largest absolute Gasteiger partial charge is 0.493 e. The van der Waals surface area contributed by atoms with Crippen LogP contribution in [0.15, 0.2) is 35.1 Å². The van der Waals surface area contributed by atoms with E-state index in [1.165, 1.54) is 12.5 Å². The normalized spacial score (nSPS) is 14.3. The van der Waals surface area contributed by atoms with Gasteiger partial charge in [-0.25, -0.2) is 0 Å². The summed E-state index contributed by atoms with van der Waals surface area (Å²) in [6, 6.07) is 4.80. The lowest BCUT2D eigenvalue weighted by Gasteiger charge is -2.31. The molecule has 3 rings (SSSR count). The Bertz CT molecular complexity index is 801. The van der Waals surface area contributed by atoms with Crippen LogP contribution in [0.2, 0.25) is 0 Å². The van der Waals surface area contributed by atoms with Crippen molar-refractivity contribution in [3.05, 3.63) is 47.4 Å². The molecule has 2 heterocycles. The van der Waals surface area contributed by atoms with E-state index in [0.717, 1.165) is 17.5 Å². The molecule has 1 aliphatic rings. The number of furan rings is 1. The van der Waals surface area contributed by atoms with Crippen LogP contribution in [0.25, 0.3) is 0 Å². The maximum absolute atomic E-state index is 12.7. The van der Waals surface area contributed by atoms with Crippen molar-refractivity contribution in [2.75, 3.05) is 20.8 Å². The van der Waals surface area contributed by atoms with Crippen LogP contribution in [0, 0.1) is 0 Å². The molecule has 2 amide bonds. The van der Waals surface area contributed by atoms with Gasteiger partial charge in [0, 0.05) is 13.1 Å². The molecular weight excluding hydrogens is 336 g/mol. The Morgan fingerprint density at radius 2 is 1.88 bits per heavy atom. The number of nitrogens with zero attached hydrogens (tertiary/aromatic N) is 1. The Balaban J connectivity index is 1.69. The molecule has 1 unspecified atom stereocenters. The van der Waals surface area contributed by atoms with Crippen molar-refractivity contribution in [1.82, 2.24) is 10.2 Å². The van der Waals surface area contributed by atoms with Gasteiger partial charge in [-0.15, -0.1) is 0 Å². The number of hydrogen-bond acceptors (Lipinski definition) is 5. The minimum Gasteiger partial charge on any atom is -0.493 e. The molecule has 7 heteroatoms. The van der Waals surface area contributed by atoms with E-state index in [4.69, 9.17) is 13.9 Å². The first-order chi connectivity index (χ1) is 12.5. The Labute approximate surface area is 151 Å². The summed E-state index contributed by atoms with van der Waals surface area (Å²) in [7, 11) is 3.19. The molecule has 0 saturated heterocycles. The van der Waals surface area contributed by atoms with Crippen molar-refractivity contribution in [3.63, 3.8) is 0 Å². The van der Waals surface area contributed by atoms with Gasteiger partial charge in [-0.3, -0.25) is 9.59 Å². The maximum Gasteiger partial charge on any atom is 0.255 e. The molecule has 0 aliphatic carbocycles. The van der Waals surface area contributed by atoms with Gasteiger partial charge in [-0.2, -0.15) is 0 Å². The molecule has 1 N–H and O–H groups in total. The van der Waals surface area contributed by atoms with Crippen molar-refractivity contribution < 1.29 is 23.5 Å². The molecule has 1 aromatic carbocycles. The standard InChI is InChI=1S/C19H22N2O5/c1-12(20-18(22)14-5-7-26-11-14)19(23)21-6-4-13-8-16(24-2)17(25-3)9-15(13)10-21/h5,7-9,11-12H,4,6,10H2,1-3H3,(H,20,22). The van der Waals surface area contributed by atoms with Gasteiger partial charge in [-0.1, -0.05) is 0 Å². The first kappa shape index (κ1) is 17.8. The van der Waals surface area contributed by atoms with Crippen LogP contribution in [0.1, 0.15) is 28.4 Å². The van der Waals surface area contributed by atoms with Crippen LogP contribution < -0.4 is 14.8 Å². The van der Waals surface area contributed by atoms with Crippen LogP contribution in [0.5, 0.6) is 11.5 Å². The second-order valence-corrected chi connectivity index (χ2v) is 6.19. The van der Waals surface area contributed by atoms with E-state index >= 15 is 0 Å². The van der Waals surface area contributed by atoms with Crippen molar-refractivity contribution in [2.45, 2.75) is 25.9 Å². The highest BCUT2D eigenvalue weighted by Gasteiger charge is 2.27. The molecule has 7 nitrogen and oxygen atoms in total. The molecule has 2 aromatic rings. The number of carbonyl (C=O) groups excluding carboxylic acids is 2. The zero-order valence-corrected chi connectivity index (χ0v) is 15.1. The fraction of sp³-hybridized carbons (Fsp3) is 0.368. The second kappa shape index (κ2) is 7.51. The van der Waals surface area contributed by atoms with Gasteiger partial charge in [0.1, 0.15) is 12.3 Å². The summed E-state index contributed by atoms with van der Waals surface area (Å²) in [6.45, 7) is 2.75. The minimum absolute atomic E-state index is 0.123. The summed E-state index contributed by atoms with van der Waals surface area (Å²) in [4.78, 5) is 26.6. The molecule has 0 radical (unpaired) electrons. The lowest BCUT2D eigenvalue weighted by atomic mass is 9.98. The molecule has 0 bridgehead atoms. The highest BCUT2D eigenvalue weighted by atomic mass is 16.5. The minimum atomic E-state index is -0.626. The van der Waals surface area contributed by atoms with E-state index in [9.17, 15) is 9.59 Å². The first-order valence-corrected chi connectivity index (χ1v) is 8.39. The van der Waals surface area contributed by atoms with E-state index in [1.807, 2.05) is 12.1 Å². The van der Waals surface area contributed by atoms with Gasteiger partial charge in [0.15, 0.2) is 11.5 Å². The van der Waals surface area contributed by atoms with E-state index in [-0.39, 0.29) is 11.8 Å². The van der Waals surface area contributed by atoms with Crippen LogP contribution in [-0.4, -0.2) is 43.5 Å². The second-order valence-electron chi connectivity index (χ2n) is 6.19. The molecule has 1 aromatic heterocycles. The molecule has 26 heavy (non-hydrogen) atoms. The van der Waals surface area contributed by atoms with Crippen LogP contribution >= 0.6 is 0 Å². The van der Waals surface area contributed by atoms with Gasteiger partial charge >= 0.3 is 0 Å². The van der Waals surface area contributed by atoms with Crippen molar-refractivity contribution in [3.8, 4) is 11.5 Å². The molecule has 138 valence electrons. The van der Waals surface area contributed by atoms with Gasteiger partial charge < -0.3 is 24.1 Å². The molecule has 1 aliphatic heterocycles. The van der Waals surface area contributed by atoms with E-state index < -0.39 is 6.04 Å². The zero-order chi connectivity index (χ0) is 18.7. The molecule has 0 spiro atoms. The smallest absolute Gasteiger partial charge is 0.255 e. The predicted molar refractivity (Wildman–Crippen MR) is 94.3 cm³/mol. The first-order valence-electron chi connectivity index (χ1n) is 8.39. The highest BCUT2D eigenvalue weighted by molar-refractivity contribution is 5.97. The fourth-order valence-electron chi connectivity index (χ4n) is 3.08. The van der Waals surface area contributed by atoms with Crippen molar-refractivity contribution in [1.29, 1.82) is 0 Å². The maximum atomic E-state index is 12.7. The summed E-state index contributed by atoms with van der Waals surface area (Å²) in [5.41, 5.74) is 2.56. The van der Waals surface area contributed by atoms with Gasteiger partial charge in [0.2, 0.25) is 5.91 Å². The topological polar surface area (TPSA) is 81.0 Å².